The summed E-state index contributed by atoms with van der Waals surface area (Å²) >= 11 is 0. The second kappa shape index (κ2) is 5.54. The summed E-state index contributed by atoms with van der Waals surface area (Å²) in [4.78, 5) is 2.56. The average molecular weight is 232 g/mol. The summed E-state index contributed by atoms with van der Waals surface area (Å²) in [6, 6.07) is 9.47. The van der Waals surface area contributed by atoms with E-state index in [2.05, 4.69) is 41.4 Å². The number of nitrogens with zero attached hydrogens (tertiary/aromatic N) is 1. The second-order valence-electron chi connectivity index (χ2n) is 4.63. The Kier molecular flexibility index (Phi) is 4.06. The normalized spacial score (nSPS) is 26.3. The van der Waals surface area contributed by atoms with Gasteiger partial charge in [0.15, 0.2) is 0 Å². The van der Waals surface area contributed by atoms with Gasteiger partial charge in [-0.05, 0) is 24.6 Å². The molecule has 94 valence electrons. The van der Waals surface area contributed by atoms with E-state index >= 15 is 0 Å². The molecule has 1 aromatic rings. The smallest absolute Gasteiger partial charge is 0.0379 e. The molecule has 2 nitrogen and oxygen atoms in total. The SMILES string of the molecule is CC.CCN1CCC2Nc3ccccc3C2C1. The third kappa shape index (κ3) is 2.32. The van der Waals surface area contributed by atoms with Crippen molar-refractivity contribution in [1.82, 2.24) is 4.90 Å². The first-order valence-corrected chi connectivity index (χ1v) is 6.96. The van der Waals surface area contributed by atoms with Gasteiger partial charge in [-0.1, -0.05) is 39.0 Å². The van der Waals surface area contributed by atoms with E-state index in [0.29, 0.717) is 6.04 Å². The molecule has 1 fully saturated rings. The van der Waals surface area contributed by atoms with E-state index in [9.17, 15) is 0 Å². The molecule has 1 N–H and O–H groups in total. The fourth-order valence-electron chi connectivity index (χ4n) is 2.95. The number of rotatable bonds is 1. The molecule has 2 atom stereocenters. The fraction of sp³-hybridized carbons (Fsp3) is 0.600. The van der Waals surface area contributed by atoms with Gasteiger partial charge >= 0.3 is 0 Å². The van der Waals surface area contributed by atoms with Gasteiger partial charge in [0.25, 0.3) is 0 Å². The van der Waals surface area contributed by atoms with Gasteiger partial charge in [-0.2, -0.15) is 0 Å². The zero-order chi connectivity index (χ0) is 12.3. The highest BCUT2D eigenvalue weighted by Gasteiger charge is 2.35. The van der Waals surface area contributed by atoms with E-state index in [1.807, 2.05) is 13.8 Å². The summed E-state index contributed by atoms with van der Waals surface area (Å²) in [6.07, 6.45) is 1.28. The van der Waals surface area contributed by atoms with Crippen molar-refractivity contribution in [3.05, 3.63) is 29.8 Å². The molecule has 0 amide bonds. The molecule has 3 rings (SSSR count). The number of piperidine rings is 1. The highest BCUT2D eigenvalue weighted by atomic mass is 15.2. The van der Waals surface area contributed by atoms with E-state index in [0.717, 1.165) is 5.92 Å². The van der Waals surface area contributed by atoms with Crippen LogP contribution >= 0.6 is 0 Å². The number of fused-ring (bicyclic) bond motifs is 3. The standard InChI is InChI=1S/C13H18N2.C2H6/c1-2-15-8-7-13-11(9-15)10-5-3-4-6-12(10)14-13;1-2/h3-6,11,13-14H,2,7-9H2,1H3;1-2H3. The van der Waals surface area contributed by atoms with Gasteiger partial charge in [0, 0.05) is 30.7 Å². The molecule has 0 aromatic heterocycles. The minimum Gasteiger partial charge on any atom is -0.381 e. The number of likely N-dealkylation sites (tertiary alicyclic amines) is 1. The summed E-state index contributed by atoms with van der Waals surface area (Å²) < 4.78 is 0. The first-order chi connectivity index (χ1) is 8.38. The van der Waals surface area contributed by atoms with Crippen molar-refractivity contribution < 1.29 is 0 Å². The van der Waals surface area contributed by atoms with E-state index < -0.39 is 0 Å². The predicted molar refractivity (Wildman–Crippen MR) is 74.7 cm³/mol. The molecule has 2 aliphatic rings. The van der Waals surface area contributed by atoms with Crippen molar-refractivity contribution in [2.24, 2.45) is 0 Å². The number of para-hydroxylation sites is 1. The maximum absolute atomic E-state index is 3.65. The fourth-order valence-corrected chi connectivity index (χ4v) is 2.95. The summed E-state index contributed by atoms with van der Waals surface area (Å²) in [5.41, 5.74) is 2.89. The number of likely N-dealkylation sites (N-methyl/N-ethyl adjacent to an activating group) is 1. The van der Waals surface area contributed by atoms with Gasteiger partial charge in [0.1, 0.15) is 0 Å². The number of nitrogens with one attached hydrogen (secondary N) is 1. The minimum absolute atomic E-state index is 0.685. The number of hydrogen-bond donors (Lipinski definition) is 1. The predicted octanol–water partition coefficient (Wildman–Crippen LogP) is 3.32. The maximum atomic E-state index is 3.65. The molecule has 2 heterocycles. The van der Waals surface area contributed by atoms with Crippen molar-refractivity contribution in [1.29, 1.82) is 0 Å². The summed E-state index contributed by atoms with van der Waals surface area (Å²) in [5, 5.41) is 3.65. The first kappa shape index (κ1) is 12.4. The lowest BCUT2D eigenvalue weighted by molar-refractivity contribution is 0.212. The van der Waals surface area contributed by atoms with Gasteiger partial charge in [-0.15, -0.1) is 0 Å². The molecule has 17 heavy (non-hydrogen) atoms. The molecular weight excluding hydrogens is 208 g/mol. The number of hydrogen-bond acceptors (Lipinski definition) is 2. The van der Waals surface area contributed by atoms with Crippen LogP contribution in [-0.4, -0.2) is 30.6 Å². The van der Waals surface area contributed by atoms with Crippen molar-refractivity contribution in [3.63, 3.8) is 0 Å². The van der Waals surface area contributed by atoms with Crippen molar-refractivity contribution in [2.75, 3.05) is 25.0 Å². The molecular formula is C15H24N2. The Balaban J connectivity index is 0.000000514. The van der Waals surface area contributed by atoms with Crippen molar-refractivity contribution >= 4 is 5.69 Å². The molecule has 1 aromatic carbocycles. The molecule has 1 saturated heterocycles. The van der Waals surface area contributed by atoms with Crippen LogP contribution in [0.5, 0.6) is 0 Å². The quantitative estimate of drug-likeness (QED) is 0.799. The Morgan fingerprint density at radius 2 is 2.06 bits per heavy atom. The van der Waals surface area contributed by atoms with Gasteiger partial charge < -0.3 is 10.2 Å². The van der Waals surface area contributed by atoms with Gasteiger partial charge in [-0.3, -0.25) is 0 Å². The maximum Gasteiger partial charge on any atom is 0.0379 e. The molecule has 0 radical (unpaired) electrons. The molecule has 0 spiro atoms. The Bertz CT molecular complexity index is 362. The zero-order valence-corrected chi connectivity index (χ0v) is 11.2. The van der Waals surface area contributed by atoms with Crippen LogP contribution in [0.25, 0.3) is 0 Å². The monoisotopic (exact) mass is 232 g/mol. The van der Waals surface area contributed by atoms with Crippen LogP contribution in [0.15, 0.2) is 24.3 Å². The molecule has 2 heteroatoms. The van der Waals surface area contributed by atoms with E-state index in [4.69, 9.17) is 0 Å². The van der Waals surface area contributed by atoms with Crippen LogP contribution in [-0.2, 0) is 0 Å². The van der Waals surface area contributed by atoms with Crippen LogP contribution in [0, 0.1) is 0 Å². The Morgan fingerprint density at radius 3 is 2.82 bits per heavy atom. The average Bonchev–Trinajstić information content (AvgIpc) is 2.78. The first-order valence-electron chi connectivity index (χ1n) is 6.96. The van der Waals surface area contributed by atoms with Gasteiger partial charge in [0.2, 0.25) is 0 Å². The molecule has 2 aliphatic heterocycles. The summed E-state index contributed by atoms with van der Waals surface area (Å²) in [6.45, 7) is 9.92. The minimum atomic E-state index is 0.685. The number of benzene rings is 1. The third-order valence-corrected chi connectivity index (χ3v) is 3.85. The van der Waals surface area contributed by atoms with Crippen molar-refractivity contribution in [3.8, 4) is 0 Å². The van der Waals surface area contributed by atoms with Gasteiger partial charge in [-0.25, -0.2) is 0 Å². The Morgan fingerprint density at radius 1 is 1.29 bits per heavy atom. The van der Waals surface area contributed by atoms with Crippen LogP contribution in [0.2, 0.25) is 0 Å². The second-order valence-corrected chi connectivity index (χ2v) is 4.63. The number of anilines is 1. The lowest BCUT2D eigenvalue weighted by Gasteiger charge is -2.34. The lowest BCUT2D eigenvalue weighted by Crippen LogP contribution is -2.41. The summed E-state index contributed by atoms with van der Waals surface area (Å²) in [7, 11) is 0. The topological polar surface area (TPSA) is 15.3 Å². The van der Waals surface area contributed by atoms with Gasteiger partial charge in [0.05, 0.1) is 0 Å². The van der Waals surface area contributed by atoms with Crippen LogP contribution < -0.4 is 5.32 Å². The zero-order valence-electron chi connectivity index (χ0n) is 11.2. The largest absolute Gasteiger partial charge is 0.381 e. The lowest BCUT2D eigenvalue weighted by atomic mass is 9.89. The Labute approximate surface area is 105 Å². The molecule has 0 saturated carbocycles. The van der Waals surface area contributed by atoms with E-state index in [-0.39, 0.29) is 0 Å². The van der Waals surface area contributed by atoms with E-state index in [1.54, 1.807) is 0 Å². The molecule has 2 unspecified atom stereocenters. The van der Waals surface area contributed by atoms with Crippen LogP contribution in [0.4, 0.5) is 5.69 Å². The van der Waals surface area contributed by atoms with E-state index in [1.165, 1.54) is 37.3 Å². The summed E-state index contributed by atoms with van der Waals surface area (Å²) in [5.74, 6) is 0.717. The molecule has 0 aliphatic carbocycles. The molecule has 0 bridgehead atoms. The highest BCUT2D eigenvalue weighted by Crippen LogP contribution is 2.39. The van der Waals surface area contributed by atoms with Crippen LogP contribution in [0.3, 0.4) is 0 Å². The Hall–Kier alpha value is -1.02. The van der Waals surface area contributed by atoms with Crippen molar-refractivity contribution in [2.45, 2.75) is 39.2 Å². The highest BCUT2D eigenvalue weighted by molar-refractivity contribution is 5.59. The third-order valence-electron chi connectivity index (χ3n) is 3.85. The van der Waals surface area contributed by atoms with Crippen LogP contribution in [0.1, 0.15) is 38.7 Å².